The number of hydrogen-bond acceptors (Lipinski definition) is 3. The Kier molecular flexibility index (Phi) is 3.36. The van der Waals surface area contributed by atoms with Gasteiger partial charge in [-0.3, -0.25) is 0 Å². The maximum Gasteiger partial charge on any atom is 0.412 e. The van der Waals surface area contributed by atoms with E-state index in [2.05, 4.69) is 10.6 Å². The molecule has 1 saturated heterocycles. The van der Waals surface area contributed by atoms with Crippen molar-refractivity contribution >= 4 is 6.09 Å². The van der Waals surface area contributed by atoms with Gasteiger partial charge in [-0.05, 0) is 37.2 Å². The summed E-state index contributed by atoms with van der Waals surface area (Å²) in [6.45, 7) is 1.67. The van der Waals surface area contributed by atoms with E-state index < -0.39 is 6.09 Å². The first-order chi connectivity index (χ1) is 7.74. The van der Waals surface area contributed by atoms with E-state index >= 15 is 0 Å². The molecule has 5 heteroatoms. The molecular formula is C11H13FN2O2. The van der Waals surface area contributed by atoms with Crippen LogP contribution in [-0.2, 0) is 0 Å². The summed E-state index contributed by atoms with van der Waals surface area (Å²) < 4.78 is 17.6. The molecule has 1 unspecified atom stereocenters. The van der Waals surface area contributed by atoms with Crippen molar-refractivity contribution in [2.24, 2.45) is 0 Å². The van der Waals surface area contributed by atoms with Crippen LogP contribution in [0.2, 0.25) is 0 Å². The third kappa shape index (κ3) is 2.93. The molecule has 0 aromatic heterocycles. The zero-order valence-corrected chi connectivity index (χ0v) is 8.70. The SMILES string of the molecule is O=C(NC1CCNC1)Oc1ccc(F)cc1. The highest BCUT2D eigenvalue weighted by atomic mass is 19.1. The minimum Gasteiger partial charge on any atom is -0.410 e. The Morgan fingerprint density at radius 2 is 2.19 bits per heavy atom. The summed E-state index contributed by atoms with van der Waals surface area (Å²) in [6, 6.07) is 5.45. The first-order valence-corrected chi connectivity index (χ1v) is 5.19. The normalized spacial score (nSPS) is 19.4. The molecule has 4 nitrogen and oxygen atoms in total. The second-order valence-corrected chi connectivity index (χ2v) is 3.68. The standard InChI is InChI=1S/C11H13FN2O2/c12-8-1-3-10(4-2-8)16-11(15)14-9-5-6-13-7-9/h1-4,9,13H,5-7H2,(H,14,15). The molecule has 1 amide bonds. The van der Waals surface area contributed by atoms with Gasteiger partial charge in [0.15, 0.2) is 0 Å². The predicted molar refractivity (Wildman–Crippen MR) is 56.8 cm³/mol. The molecule has 0 spiro atoms. The number of amides is 1. The summed E-state index contributed by atoms with van der Waals surface area (Å²) >= 11 is 0. The van der Waals surface area contributed by atoms with Crippen LogP contribution >= 0.6 is 0 Å². The Labute approximate surface area is 92.8 Å². The topological polar surface area (TPSA) is 50.4 Å². The highest BCUT2D eigenvalue weighted by Crippen LogP contribution is 2.11. The third-order valence-corrected chi connectivity index (χ3v) is 2.41. The molecule has 2 N–H and O–H groups in total. The number of rotatable bonds is 2. The fourth-order valence-electron chi connectivity index (χ4n) is 1.58. The Morgan fingerprint density at radius 3 is 2.81 bits per heavy atom. The summed E-state index contributed by atoms with van der Waals surface area (Å²) in [4.78, 5) is 11.4. The molecule has 1 aromatic carbocycles. The summed E-state index contributed by atoms with van der Waals surface area (Å²) in [5.41, 5.74) is 0. The lowest BCUT2D eigenvalue weighted by molar-refractivity contribution is 0.197. The van der Waals surface area contributed by atoms with Gasteiger partial charge in [-0.25, -0.2) is 9.18 Å². The number of nitrogens with one attached hydrogen (secondary N) is 2. The lowest BCUT2D eigenvalue weighted by atomic mass is 10.3. The van der Waals surface area contributed by atoms with Crippen molar-refractivity contribution in [3.05, 3.63) is 30.1 Å². The molecule has 2 rings (SSSR count). The number of benzene rings is 1. The van der Waals surface area contributed by atoms with Gasteiger partial charge in [0, 0.05) is 12.6 Å². The van der Waals surface area contributed by atoms with Crippen molar-refractivity contribution in [3.63, 3.8) is 0 Å². The smallest absolute Gasteiger partial charge is 0.410 e. The molecule has 0 saturated carbocycles. The second kappa shape index (κ2) is 4.94. The van der Waals surface area contributed by atoms with Crippen LogP contribution in [0.5, 0.6) is 5.75 Å². The second-order valence-electron chi connectivity index (χ2n) is 3.68. The lowest BCUT2D eigenvalue weighted by Crippen LogP contribution is -2.38. The molecule has 1 aromatic rings. The molecular weight excluding hydrogens is 211 g/mol. The van der Waals surface area contributed by atoms with E-state index in [1.54, 1.807) is 0 Å². The highest BCUT2D eigenvalue weighted by Gasteiger charge is 2.17. The van der Waals surface area contributed by atoms with Crippen molar-refractivity contribution in [1.82, 2.24) is 10.6 Å². The minimum absolute atomic E-state index is 0.118. The van der Waals surface area contributed by atoms with E-state index in [-0.39, 0.29) is 11.9 Å². The van der Waals surface area contributed by atoms with Crippen molar-refractivity contribution in [1.29, 1.82) is 0 Å². The molecule has 1 atom stereocenters. The molecule has 1 aliphatic heterocycles. The first kappa shape index (κ1) is 10.9. The van der Waals surface area contributed by atoms with E-state index in [0.717, 1.165) is 19.5 Å². The Bertz CT molecular complexity index is 361. The van der Waals surface area contributed by atoms with Gasteiger partial charge in [0.05, 0.1) is 0 Å². The fraction of sp³-hybridized carbons (Fsp3) is 0.364. The summed E-state index contributed by atoms with van der Waals surface area (Å²) in [5, 5.41) is 5.85. The van der Waals surface area contributed by atoms with E-state index in [0.29, 0.717) is 5.75 Å². The van der Waals surface area contributed by atoms with Crippen LogP contribution < -0.4 is 15.4 Å². The fourth-order valence-corrected chi connectivity index (χ4v) is 1.58. The Balaban J connectivity index is 1.84. The van der Waals surface area contributed by atoms with Crippen molar-refractivity contribution in [2.75, 3.05) is 13.1 Å². The molecule has 0 radical (unpaired) electrons. The van der Waals surface area contributed by atoms with Gasteiger partial charge in [0.2, 0.25) is 0 Å². The van der Waals surface area contributed by atoms with E-state index in [4.69, 9.17) is 4.74 Å². The first-order valence-electron chi connectivity index (χ1n) is 5.19. The van der Waals surface area contributed by atoms with Crippen LogP contribution in [-0.4, -0.2) is 25.2 Å². The third-order valence-electron chi connectivity index (χ3n) is 2.41. The Hall–Kier alpha value is -1.62. The quantitative estimate of drug-likeness (QED) is 0.795. The molecule has 86 valence electrons. The van der Waals surface area contributed by atoms with E-state index in [9.17, 15) is 9.18 Å². The summed E-state index contributed by atoms with van der Waals surface area (Å²) in [7, 11) is 0. The van der Waals surface area contributed by atoms with Crippen molar-refractivity contribution in [3.8, 4) is 5.75 Å². The number of hydrogen-bond donors (Lipinski definition) is 2. The van der Waals surface area contributed by atoms with Gasteiger partial charge in [-0.2, -0.15) is 0 Å². The monoisotopic (exact) mass is 224 g/mol. The van der Waals surface area contributed by atoms with Crippen LogP contribution in [0.4, 0.5) is 9.18 Å². The lowest BCUT2D eigenvalue weighted by Gasteiger charge is -2.11. The number of carbonyl (C=O) groups is 1. The zero-order valence-electron chi connectivity index (χ0n) is 8.70. The van der Waals surface area contributed by atoms with Gasteiger partial charge in [-0.15, -0.1) is 0 Å². The van der Waals surface area contributed by atoms with Gasteiger partial charge in [-0.1, -0.05) is 0 Å². The summed E-state index contributed by atoms with van der Waals surface area (Å²) in [6.07, 6.45) is 0.402. The minimum atomic E-state index is -0.500. The van der Waals surface area contributed by atoms with Crippen LogP contribution in [0.1, 0.15) is 6.42 Å². The average Bonchev–Trinajstić information content (AvgIpc) is 2.74. The largest absolute Gasteiger partial charge is 0.412 e. The Morgan fingerprint density at radius 1 is 1.44 bits per heavy atom. The zero-order chi connectivity index (χ0) is 11.4. The van der Waals surface area contributed by atoms with Gasteiger partial charge >= 0.3 is 6.09 Å². The summed E-state index contributed by atoms with van der Waals surface area (Å²) in [5.74, 6) is -0.0161. The van der Waals surface area contributed by atoms with Crippen molar-refractivity contribution < 1.29 is 13.9 Å². The number of halogens is 1. The molecule has 0 aliphatic carbocycles. The van der Waals surface area contributed by atoms with Gasteiger partial charge in [0.1, 0.15) is 11.6 Å². The van der Waals surface area contributed by atoms with Gasteiger partial charge < -0.3 is 15.4 Å². The number of carbonyl (C=O) groups excluding carboxylic acids is 1. The van der Waals surface area contributed by atoms with Gasteiger partial charge in [0.25, 0.3) is 0 Å². The maximum atomic E-state index is 12.6. The maximum absolute atomic E-state index is 12.6. The van der Waals surface area contributed by atoms with Crippen molar-refractivity contribution in [2.45, 2.75) is 12.5 Å². The number of ether oxygens (including phenoxy) is 1. The average molecular weight is 224 g/mol. The van der Waals surface area contributed by atoms with Crippen LogP contribution in [0.3, 0.4) is 0 Å². The molecule has 1 fully saturated rings. The molecule has 1 heterocycles. The van der Waals surface area contributed by atoms with Crippen LogP contribution in [0.25, 0.3) is 0 Å². The molecule has 16 heavy (non-hydrogen) atoms. The predicted octanol–water partition coefficient (Wildman–Crippen LogP) is 1.28. The van der Waals surface area contributed by atoms with Crippen LogP contribution in [0, 0.1) is 5.82 Å². The van der Waals surface area contributed by atoms with E-state index in [1.807, 2.05) is 0 Å². The molecule has 0 bridgehead atoms. The molecule has 1 aliphatic rings. The van der Waals surface area contributed by atoms with Crippen LogP contribution in [0.15, 0.2) is 24.3 Å². The van der Waals surface area contributed by atoms with E-state index in [1.165, 1.54) is 24.3 Å². The highest BCUT2D eigenvalue weighted by molar-refractivity contribution is 5.70.